The summed E-state index contributed by atoms with van der Waals surface area (Å²) in [5.41, 5.74) is 6.53. The van der Waals surface area contributed by atoms with Crippen molar-refractivity contribution in [1.29, 1.82) is 0 Å². The molecule has 1 aromatic heterocycles. The van der Waals surface area contributed by atoms with Crippen LogP contribution in [0.3, 0.4) is 0 Å². The van der Waals surface area contributed by atoms with E-state index in [1.807, 2.05) is 11.7 Å². The zero-order valence-electron chi connectivity index (χ0n) is 17.9. The number of aromatic nitrogens is 2. The molecule has 0 bridgehead atoms. The molecule has 30 heavy (non-hydrogen) atoms. The van der Waals surface area contributed by atoms with Crippen molar-refractivity contribution < 1.29 is 9.90 Å². The molecule has 158 valence electrons. The Labute approximate surface area is 178 Å². The van der Waals surface area contributed by atoms with Gasteiger partial charge in [0, 0.05) is 50.0 Å². The minimum atomic E-state index is -0.250. The fourth-order valence-electron chi connectivity index (χ4n) is 4.13. The maximum Gasteiger partial charge on any atom is 0.290 e. The van der Waals surface area contributed by atoms with Gasteiger partial charge in [-0.2, -0.15) is 5.10 Å². The van der Waals surface area contributed by atoms with Crippen molar-refractivity contribution in [1.82, 2.24) is 19.6 Å². The Morgan fingerprint density at radius 1 is 1.10 bits per heavy atom. The lowest BCUT2D eigenvalue weighted by Crippen LogP contribution is -2.44. The predicted octanol–water partition coefficient (Wildman–Crippen LogP) is 3.28. The Morgan fingerprint density at radius 2 is 1.73 bits per heavy atom. The summed E-state index contributed by atoms with van der Waals surface area (Å²) < 4.78 is 1.93. The number of hydrogen-bond acceptors (Lipinski definition) is 4. The van der Waals surface area contributed by atoms with Crippen LogP contribution in [0.15, 0.2) is 60.8 Å². The normalized spacial score (nSPS) is 15.9. The first-order chi connectivity index (χ1) is 14.5. The molecule has 1 aliphatic heterocycles. The molecule has 1 N–H and O–H groups in total. The summed E-state index contributed by atoms with van der Waals surface area (Å²) in [5, 5.41) is 11.6. The van der Waals surface area contributed by atoms with Gasteiger partial charge in [0.15, 0.2) is 0 Å². The third-order valence-corrected chi connectivity index (χ3v) is 5.53. The van der Waals surface area contributed by atoms with E-state index in [1.54, 1.807) is 0 Å². The van der Waals surface area contributed by atoms with Gasteiger partial charge in [-0.05, 0) is 31.6 Å². The minimum Gasteiger partial charge on any atom is -0.483 e. The van der Waals surface area contributed by atoms with Gasteiger partial charge in [-0.25, -0.2) is 0 Å². The lowest BCUT2D eigenvalue weighted by molar-refractivity contribution is -0.122. The molecule has 1 aliphatic rings. The Balaban J connectivity index is 0.000000806. The van der Waals surface area contributed by atoms with E-state index in [4.69, 9.17) is 15.0 Å². The first-order valence-corrected chi connectivity index (χ1v) is 10.1. The highest BCUT2D eigenvalue weighted by atomic mass is 16.3. The van der Waals surface area contributed by atoms with Crippen LogP contribution in [-0.2, 0) is 31.4 Å². The average Bonchev–Trinajstić information content (AvgIpc) is 3.09. The molecule has 6 nitrogen and oxygen atoms in total. The Morgan fingerprint density at radius 3 is 2.43 bits per heavy atom. The van der Waals surface area contributed by atoms with E-state index in [2.05, 4.69) is 84.7 Å². The summed E-state index contributed by atoms with van der Waals surface area (Å²) in [7, 11) is 6.46. The number of carboxylic acid groups (broad SMARTS) is 1. The zero-order chi connectivity index (χ0) is 21.5. The molecule has 3 aromatic rings. The molecule has 0 amide bonds. The van der Waals surface area contributed by atoms with E-state index in [1.165, 1.54) is 22.3 Å². The Hall–Kier alpha value is -2.96. The standard InChI is InChI=1S/C23H28N4.CH2O2/c1-25(17-22-13-19-11-7-8-12-20(19)15-26(22)2)14-21-16-27(3)24-23(21)18-9-5-4-6-10-18;2-1-3/h4-12,16,22H,13-15,17H2,1-3H3;1H,(H,2,3). The summed E-state index contributed by atoms with van der Waals surface area (Å²) in [5.74, 6) is 0. The number of rotatable bonds is 5. The van der Waals surface area contributed by atoms with Gasteiger partial charge in [0.2, 0.25) is 0 Å². The van der Waals surface area contributed by atoms with E-state index in [9.17, 15) is 0 Å². The van der Waals surface area contributed by atoms with Gasteiger partial charge in [0.1, 0.15) is 0 Å². The fraction of sp³-hybridized carbons (Fsp3) is 0.333. The molecule has 0 spiro atoms. The minimum absolute atomic E-state index is 0.250. The molecule has 0 fully saturated rings. The van der Waals surface area contributed by atoms with Gasteiger partial charge in [-0.15, -0.1) is 0 Å². The molecule has 0 saturated carbocycles. The molecular weight excluding hydrogens is 376 g/mol. The zero-order valence-corrected chi connectivity index (χ0v) is 17.9. The van der Waals surface area contributed by atoms with Crippen molar-refractivity contribution in [3.63, 3.8) is 0 Å². The molecule has 6 heteroatoms. The van der Waals surface area contributed by atoms with Crippen LogP contribution in [0.5, 0.6) is 0 Å². The van der Waals surface area contributed by atoms with Crippen molar-refractivity contribution in [3.05, 3.63) is 77.5 Å². The summed E-state index contributed by atoms with van der Waals surface area (Å²) in [6.07, 6.45) is 3.27. The molecule has 4 rings (SSSR count). The number of fused-ring (bicyclic) bond motifs is 1. The van der Waals surface area contributed by atoms with Gasteiger partial charge in [-0.3, -0.25) is 14.4 Å². The number of hydrogen-bond donors (Lipinski definition) is 1. The topological polar surface area (TPSA) is 61.6 Å². The first kappa shape index (κ1) is 21.7. The van der Waals surface area contributed by atoms with Gasteiger partial charge >= 0.3 is 0 Å². The number of likely N-dealkylation sites (N-methyl/N-ethyl adjacent to an activating group) is 2. The van der Waals surface area contributed by atoms with Crippen molar-refractivity contribution in [3.8, 4) is 11.3 Å². The number of carbonyl (C=O) groups is 1. The van der Waals surface area contributed by atoms with Crippen LogP contribution in [0.1, 0.15) is 16.7 Å². The van der Waals surface area contributed by atoms with Crippen LogP contribution in [0, 0.1) is 0 Å². The van der Waals surface area contributed by atoms with Crippen LogP contribution < -0.4 is 0 Å². The highest BCUT2D eigenvalue weighted by Gasteiger charge is 2.24. The van der Waals surface area contributed by atoms with Crippen LogP contribution in [-0.4, -0.2) is 57.8 Å². The summed E-state index contributed by atoms with van der Waals surface area (Å²) in [6.45, 7) is 2.74. The van der Waals surface area contributed by atoms with Crippen LogP contribution in [0.25, 0.3) is 11.3 Å². The largest absolute Gasteiger partial charge is 0.483 e. The highest BCUT2D eigenvalue weighted by Crippen LogP contribution is 2.25. The second kappa shape index (κ2) is 10.2. The van der Waals surface area contributed by atoms with Crippen molar-refractivity contribution >= 4 is 6.47 Å². The Bertz CT molecular complexity index is 955. The fourth-order valence-corrected chi connectivity index (χ4v) is 4.13. The monoisotopic (exact) mass is 406 g/mol. The molecule has 2 aromatic carbocycles. The molecule has 1 unspecified atom stereocenters. The van der Waals surface area contributed by atoms with Gasteiger partial charge < -0.3 is 10.0 Å². The summed E-state index contributed by atoms with van der Waals surface area (Å²) >= 11 is 0. The van der Waals surface area contributed by atoms with Crippen molar-refractivity contribution in [2.75, 3.05) is 20.6 Å². The number of benzene rings is 2. The quantitative estimate of drug-likeness (QED) is 0.659. The molecule has 1 atom stereocenters. The maximum atomic E-state index is 8.36. The molecule has 0 saturated heterocycles. The predicted molar refractivity (Wildman–Crippen MR) is 119 cm³/mol. The highest BCUT2D eigenvalue weighted by molar-refractivity contribution is 5.62. The first-order valence-electron chi connectivity index (χ1n) is 10.1. The SMILES string of the molecule is CN(Cc1cn(C)nc1-c1ccccc1)CC1Cc2ccccc2CN1C.O=CO. The van der Waals surface area contributed by atoms with Crippen LogP contribution in [0.2, 0.25) is 0 Å². The second-order valence-electron chi connectivity index (χ2n) is 7.89. The lowest BCUT2D eigenvalue weighted by Gasteiger charge is -2.36. The van der Waals surface area contributed by atoms with Crippen LogP contribution >= 0.6 is 0 Å². The summed E-state index contributed by atoms with van der Waals surface area (Å²) in [6, 6.07) is 19.9. The maximum absolute atomic E-state index is 8.36. The smallest absolute Gasteiger partial charge is 0.290 e. The third-order valence-electron chi connectivity index (χ3n) is 5.53. The van der Waals surface area contributed by atoms with E-state index in [0.29, 0.717) is 6.04 Å². The van der Waals surface area contributed by atoms with Crippen LogP contribution in [0.4, 0.5) is 0 Å². The number of aryl methyl sites for hydroxylation is 1. The van der Waals surface area contributed by atoms with E-state index in [0.717, 1.165) is 31.7 Å². The number of nitrogens with zero attached hydrogens (tertiary/aromatic N) is 4. The van der Waals surface area contributed by atoms with E-state index in [-0.39, 0.29) is 6.47 Å². The van der Waals surface area contributed by atoms with Crippen molar-refractivity contribution in [2.45, 2.75) is 25.6 Å². The van der Waals surface area contributed by atoms with Gasteiger partial charge in [0.05, 0.1) is 5.69 Å². The van der Waals surface area contributed by atoms with Crippen molar-refractivity contribution in [2.24, 2.45) is 7.05 Å². The average molecular weight is 407 g/mol. The summed E-state index contributed by atoms with van der Waals surface area (Å²) in [4.78, 5) is 13.3. The lowest BCUT2D eigenvalue weighted by atomic mass is 9.94. The third kappa shape index (κ3) is 5.34. The van der Waals surface area contributed by atoms with Gasteiger partial charge in [-0.1, -0.05) is 54.6 Å². The molecule has 0 aliphatic carbocycles. The van der Waals surface area contributed by atoms with Gasteiger partial charge in [0.25, 0.3) is 6.47 Å². The second-order valence-corrected chi connectivity index (χ2v) is 7.89. The van der Waals surface area contributed by atoms with E-state index >= 15 is 0 Å². The molecule has 2 heterocycles. The Kier molecular flexibility index (Phi) is 7.38. The van der Waals surface area contributed by atoms with E-state index < -0.39 is 0 Å². The molecule has 0 radical (unpaired) electrons. The molecular formula is C24H30N4O2.